The van der Waals surface area contributed by atoms with Crippen LogP contribution in [0.2, 0.25) is 0 Å². The molecular formula is C19H18N2. The third-order valence-corrected chi connectivity index (χ3v) is 4.54. The summed E-state index contributed by atoms with van der Waals surface area (Å²) in [5.41, 5.74) is 7.56. The molecule has 104 valence electrons. The van der Waals surface area contributed by atoms with Crippen LogP contribution in [-0.4, -0.2) is 9.78 Å². The van der Waals surface area contributed by atoms with E-state index < -0.39 is 0 Å². The van der Waals surface area contributed by atoms with E-state index >= 15 is 0 Å². The second kappa shape index (κ2) is 4.08. The molecular weight excluding hydrogens is 256 g/mol. The number of aryl methyl sites for hydroxylation is 1. The molecule has 0 amide bonds. The molecule has 0 bridgehead atoms. The smallest absolute Gasteiger partial charge is 0.0787 e. The summed E-state index contributed by atoms with van der Waals surface area (Å²) in [6.07, 6.45) is 0. The summed E-state index contributed by atoms with van der Waals surface area (Å²) in [4.78, 5) is 0. The van der Waals surface area contributed by atoms with Crippen molar-refractivity contribution in [3.63, 3.8) is 0 Å². The van der Waals surface area contributed by atoms with Crippen molar-refractivity contribution >= 4 is 0 Å². The molecule has 0 aliphatic heterocycles. The average Bonchev–Trinajstić information content (AvgIpc) is 2.96. The summed E-state index contributed by atoms with van der Waals surface area (Å²) < 4.78 is 2.10. The third kappa shape index (κ3) is 1.56. The van der Waals surface area contributed by atoms with Crippen LogP contribution < -0.4 is 0 Å². The number of hydrogen-bond donors (Lipinski definition) is 0. The summed E-state index contributed by atoms with van der Waals surface area (Å²) >= 11 is 0. The van der Waals surface area contributed by atoms with Crippen LogP contribution in [0, 0.1) is 6.92 Å². The molecule has 21 heavy (non-hydrogen) atoms. The Hall–Kier alpha value is -2.35. The molecule has 1 aliphatic rings. The highest BCUT2D eigenvalue weighted by Crippen LogP contribution is 2.50. The lowest BCUT2D eigenvalue weighted by Gasteiger charge is -2.20. The molecule has 1 aliphatic carbocycles. The van der Waals surface area contributed by atoms with E-state index in [0.29, 0.717) is 0 Å². The maximum Gasteiger partial charge on any atom is 0.0787 e. The van der Waals surface area contributed by atoms with E-state index in [1.807, 2.05) is 6.07 Å². The van der Waals surface area contributed by atoms with E-state index in [0.717, 1.165) is 11.4 Å². The first-order valence-corrected chi connectivity index (χ1v) is 7.36. The van der Waals surface area contributed by atoms with E-state index in [9.17, 15) is 0 Å². The van der Waals surface area contributed by atoms with E-state index in [1.54, 1.807) is 0 Å². The predicted molar refractivity (Wildman–Crippen MR) is 85.9 cm³/mol. The number of hydrogen-bond acceptors (Lipinski definition) is 1. The first-order valence-electron chi connectivity index (χ1n) is 7.36. The topological polar surface area (TPSA) is 17.8 Å². The maximum atomic E-state index is 4.81. The maximum absolute atomic E-state index is 4.81. The Morgan fingerprint density at radius 1 is 0.905 bits per heavy atom. The van der Waals surface area contributed by atoms with Crippen LogP contribution in [0.1, 0.15) is 30.7 Å². The third-order valence-electron chi connectivity index (χ3n) is 4.54. The number of fused-ring (bicyclic) bond motifs is 3. The van der Waals surface area contributed by atoms with Gasteiger partial charge in [0.2, 0.25) is 0 Å². The summed E-state index contributed by atoms with van der Waals surface area (Å²) in [5.74, 6) is 0. The molecule has 2 heteroatoms. The lowest BCUT2D eigenvalue weighted by molar-refractivity contribution is 0.654. The molecule has 2 aromatic carbocycles. The summed E-state index contributed by atoms with van der Waals surface area (Å²) in [5, 5.41) is 4.81. The van der Waals surface area contributed by atoms with Gasteiger partial charge >= 0.3 is 0 Å². The molecule has 2 nitrogen and oxygen atoms in total. The lowest BCUT2D eigenvalue weighted by Crippen LogP contribution is -2.15. The zero-order valence-corrected chi connectivity index (χ0v) is 12.6. The van der Waals surface area contributed by atoms with E-state index in [4.69, 9.17) is 5.10 Å². The second-order valence-corrected chi connectivity index (χ2v) is 6.23. The predicted octanol–water partition coefficient (Wildman–Crippen LogP) is 4.49. The van der Waals surface area contributed by atoms with Gasteiger partial charge in [-0.25, -0.2) is 4.68 Å². The fourth-order valence-electron chi connectivity index (χ4n) is 3.65. The molecule has 3 aromatic rings. The van der Waals surface area contributed by atoms with Gasteiger partial charge in [-0.2, -0.15) is 5.10 Å². The molecule has 0 fully saturated rings. The molecule has 0 unspecified atom stereocenters. The second-order valence-electron chi connectivity index (χ2n) is 6.23. The highest BCUT2D eigenvalue weighted by Gasteiger charge is 2.40. The van der Waals surface area contributed by atoms with Gasteiger partial charge in [0.05, 0.1) is 17.1 Å². The molecule has 0 radical (unpaired) electrons. The first kappa shape index (κ1) is 12.4. The van der Waals surface area contributed by atoms with Crippen LogP contribution in [0.15, 0.2) is 54.6 Å². The Labute approximate surface area is 125 Å². The highest BCUT2D eigenvalue weighted by atomic mass is 15.3. The molecule has 1 heterocycles. The van der Waals surface area contributed by atoms with Crippen molar-refractivity contribution in [1.82, 2.24) is 9.78 Å². The van der Waals surface area contributed by atoms with Crippen molar-refractivity contribution in [3.05, 3.63) is 71.4 Å². The van der Waals surface area contributed by atoms with Crippen LogP contribution >= 0.6 is 0 Å². The van der Waals surface area contributed by atoms with E-state index in [1.165, 1.54) is 22.4 Å². The minimum Gasteiger partial charge on any atom is -0.233 e. The van der Waals surface area contributed by atoms with Gasteiger partial charge in [0, 0.05) is 16.5 Å². The minimum atomic E-state index is 0.0169. The molecule has 0 saturated heterocycles. The average molecular weight is 274 g/mol. The fourth-order valence-corrected chi connectivity index (χ4v) is 3.65. The van der Waals surface area contributed by atoms with Crippen LogP contribution in [0.4, 0.5) is 0 Å². The zero-order chi connectivity index (χ0) is 14.6. The van der Waals surface area contributed by atoms with Crippen molar-refractivity contribution in [3.8, 4) is 16.9 Å². The molecule has 1 aromatic heterocycles. The summed E-state index contributed by atoms with van der Waals surface area (Å²) in [6.45, 7) is 6.70. The van der Waals surface area contributed by atoms with Crippen molar-refractivity contribution in [1.29, 1.82) is 0 Å². The van der Waals surface area contributed by atoms with E-state index in [2.05, 4.69) is 74.0 Å². The van der Waals surface area contributed by atoms with Crippen molar-refractivity contribution in [2.45, 2.75) is 26.2 Å². The van der Waals surface area contributed by atoms with Crippen LogP contribution in [0.25, 0.3) is 16.9 Å². The van der Waals surface area contributed by atoms with Gasteiger partial charge in [0.25, 0.3) is 0 Å². The van der Waals surface area contributed by atoms with Crippen molar-refractivity contribution in [2.75, 3.05) is 0 Å². The fraction of sp³-hybridized carbons (Fsp3) is 0.211. The Bertz CT molecular complexity index is 826. The van der Waals surface area contributed by atoms with Crippen LogP contribution in [0.3, 0.4) is 0 Å². The SMILES string of the molecule is Cc1nn(-c2ccccc2)c2c1C(C)(C)c1ccccc1-2. The molecule has 0 spiro atoms. The van der Waals surface area contributed by atoms with Gasteiger partial charge in [-0.1, -0.05) is 56.3 Å². The Morgan fingerprint density at radius 2 is 1.57 bits per heavy atom. The normalized spacial score (nSPS) is 14.8. The standard InChI is InChI=1S/C19H18N2/c1-13-17-18(21(20-13)14-9-5-4-6-10-14)15-11-7-8-12-16(15)19(17,2)3/h4-12H,1-3H3. The lowest BCUT2D eigenvalue weighted by atomic mass is 9.82. The molecule has 0 atom stereocenters. The summed E-state index contributed by atoms with van der Waals surface area (Å²) in [6, 6.07) is 19.1. The van der Waals surface area contributed by atoms with Crippen molar-refractivity contribution in [2.24, 2.45) is 0 Å². The van der Waals surface area contributed by atoms with Gasteiger partial charge in [-0.3, -0.25) is 0 Å². The number of rotatable bonds is 1. The summed E-state index contributed by atoms with van der Waals surface area (Å²) in [7, 11) is 0. The van der Waals surface area contributed by atoms with Gasteiger partial charge in [0.15, 0.2) is 0 Å². The van der Waals surface area contributed by atoms with Crippen LogP contribution in [0.5, 0.6) is 0 Å². The van der Waals surface area contributed by atoms with Gasteiger partial charge in [0.1, 0.15) is 0 Å². The van der Waals surface area contributed by atoms with Gasteiger partial charge < -0.3 is 0 Å². The zero-order valence-electron chi connectivity index (χ0n) is 12.6. The van der Waals surface area contributed by atoms with Crippen molar-refractivity contribution < 1.29 is 0 Å². The highest BCUT2D eigenvalue weighted by molar-refractivity contribution is 5.80. The Morgan fingerprint density at radius 3 is 2.33 bits per heavy atom. The van der Waals surface area contributed by atoms with Gasteiger partial charge in [-0.15, -0.1) is 0 Å². The number of benzene rings is 2. The molecule has 0 N–H and O–H groups in total. The van der Waals surface area contributed by atoms with Gasteiger partial charge in [-0.05, 0) is 24.6 Å². The van der Waals surface area contributed by atoms with Crippen LogP contribution in [-0.2, 0) is 5.41 Å². The molecule has 0 saturated carbocycles. The first-order chi connectivity index (χ1) is 10.1. The Kier molecular flexibility index (Phi) is 2.41. The minimum absolute atomic E-state index is 0.0169. The molecule has 4 rings (SSSR count). The monoisotopic (exact) mass is 274 g/mol. The Balaban J connectivity index is 2.09. The van der Waals surface area contributed by atoms with E-state index in [-0.39, 0.29) is 5.41 Å². The number of para-hydroxylation sites is 1. The number of aromatic nitrogens is 2. The largest absolute Gasteiger partial charge is 0.233 e. The quantitative estimate of drug-likeness (QED) is 0.639. The number of nitrogens with zero attached hydrogens (tertiary/aromatic N) is 2.